The van der Waals surface area contributed by atoms with E-state index in [0.717, 1.165) is 28.8 Å². The van der Waals surface area contributed by atoms with Gasteiger partial charge in [-0.15, -0.1) is 0 Å². The maximum Gasteiger partial charge on any atom is 0.122 e. The second-order valence-electron chi connectivity index (χ2n) is 2.86. The summed E-state index contributed by atoms with van der Waals surface area (Å²) in [5.74, 6) is 0.882. The number of aliphatic hydroxyl groups excluding tert-OH is 1. The van der Waals surface area contributed by atoms with E-state index in [0.29, 0.717) is 0 Å². The third kappa shape index (κ3) is 3.29. The highest BCUT2D eigenvalue weighted by atomic mass is 79.9. The zero-order chi connectivity index (χ0) is 10.4. The number of halogens is 1. The van der Waals surface area contributed by atoms with Crippen molar-refractivity contribution < 1.29 is 9.84 Å². The lowest BCUT2D eigenvalue weighted by molar-refractivity contribution is 0.261. The lowest BCUT2D eigenvalue weighted by atomic mass is 10.1. The normalized spacial score (nSPS) is 10.2. The molecule has 2 N–H and O–H groups in total. The number of methoxy groups -OCH3 is 1. The van der Waals surface area contributed by atoms with E-state index in [1.165, 1.54) is 0 Å². The van der Waals surface area contributed by atoms with Crippen molar-refractivity contribution in [1.29, 1.82) is 0 Å². The summed E-state index contributed by atoms with van der Waals surface area (Å²) in [6, 6.07) is 5.90. The zero-order valence-electron chi connectivity index (χ0n) is 8.09. The fraction of sp³-hybridized carbons (Fsp3) is 0.400. The van der Waals surface area contributed by atoms with Crippen molar-refractivity contribution in [1.82, 2.24) is 5.32 Å². The van der Waals surface area contributed by atoms with Crippen molar-refractivity contribution in [3.63, 3.8) is 0 Å². The molecule has 0 spiro atoms. The molecule has 0 bridgehead atoms. The van der Waals surface area contributed by atoms with Crippen LogP contribution in [0, 0.1) is 0 Å². The standard InChI is InChI=1S/C10H14BrNO2/c1-14-10-3-2-9(11)6-8(10)4-5-12-7-13/h2-3,6,12-13H,4-5,7H2,1H3. The van der Waals surface area contributed by atoms with Crippen molar-refractivity contribution in [2.24, 2.45) is 0 Å². The summed E-state index contributed by atoms with van der Waals surface area (Å²) in [4.78, 5) is 0. The van der Waals surface area contributed by atoms with Crippen LogP contribution in [0.2, 0.25) is 0 Å². The molecule has 0 aliphatic rings. The second kappa shape index (κ2) is 6.01. The van der Waals surface area contributed by atoms with Crippen LogP contribution in [0.4, 0.5) is 0 Å². The summed E-state index contributed by atoms with van der Waals surface area (Å²) in [6.07, 6.45) is 0.836. The number of hydrogen-bond acceptors (Lipinski definition) is 3. The maximum absolute atomic E-state index is 8.57. The Hall–Kier alpha value is -0.580. The first-order valence-electron chi connectivity index (χ1n) is 4.42. The Balaban J connectivity index is 2.67. The lowest BCUT2D eigenvalue weighted by Crippen LogP contribution is -2.18. The van der Waals surface area contributed by atoms with Gasteiger partial charge < -0.3 is 9.84 Å². The Kier molecular flexibility index (Phi) is 4.93. The van der Waals surface area contributed by atoms with Crippen LogP contribution in [0.25, 0.3) is 0 Å². The first-order valence-corrected chi connectivity index (χ1v) is 5.21. The largest absolute Gasteiger partial charge is 0.496 e. The van der Waals surface area contributed by atoms with Crippen LogP contribution in [0.1, 0.15) is 5.56 Å². The lowest BCUT2D eigenvalue weighted by Gasteiger charge is -2.08. The molecule has 14 heavy (non-hydrogen) atoms. The number of aliphatic hydroxyl groups is 1. The monoisotopic (exact) mass is 259 g/mol. The van der Waals surface area contributed by atoms with Gasteiger partial charge in [0.1, 0.15) is 5.75 Å². The van der Waals surface area contributed by atoms with Crippen molar-refractivity contribution in [3.8, 4) is 5.75 Å². The summed E-state index contributed by atoms with van der Waals surface area (Å²) in [5, 5.41) is 11.4. The van der Waals surface area contributed by atoms with E-state index in [1.807, 2.05) is 18.2 Å². The van der Waals surface area contributed by atoms with Crippen LogP contribution in [0.3, 0.4) is 0 Å². The smallest absolute Gasteiger partial charge is 0.122 e. The summed E-state index contributed by atoms with van der Waals surface area (Å²) in [5.41, 5.74) is 1.13. The molecule has 0 radical (unpaired) electrons. The average Bonchev–Trinajstić information content (AvgIpc) is 2.19. The zero-order valence-corrected chi connectivity index (χ0v) is 9.67. The highest BCUT2D eigenvalue weighted by Crippen LogP contribution is 2.22. The van der Waals surface area contributed by atoms with Gasteiger partial charge in [0.05, 0.1) is 13.8 Å². The summed E-state index contributed by atoms with van der Waals surface area (Å²) in [6.45, 7) is 0.750. The molecule has 0 saturated carbocycles. The summed E-state index contributed by atoms with van der Waals surface area (Å²) >= 11 is 3.41. The van der Waals surface area contributed by atoms with Crippen LogP contribution < -0.4 is 10.1 Å². The van der Waals surface area contributed by atoms with Crippen molar-refractivity contribution in [2.45, 2.75) is 6.42 Å². The Morgan fingerprint density at radius 3 is 2.93 bits per heavy atom. The summed E-state index contributed by atoms with van der Waals surface area (Å²) < 4.78 is 6.26. The van der Waals surface area contributed by atoms with Crippen LogP contribution in [-0.2, 0) is 6.42 Å². The highest BCUT2D eigenvalue weighted by Gasteiger charge is 2.02. The topological polar surface area (TPSA) is 41.5 Å². The van der Waals surface area contributed by atoms with Gasteiger partial charge in [-0.25, -0.2) is 0 Å². The van der Waals surface area contributed by atoms with Gasteiger partial charge >= 0.3 is 0 Å². The number of rotatable bonds is 5. The molecule has 0 fully saturated rings. The van der Waals surface area contributed by atoms with Gasteiger partial charge in [0.2, 0.25) is 0 Å². The fourth-order valence-corrected chi connectivity index (χ4v) is 1.65. The van der Waals surface area contributed by atoms with Crippen molar-refractivity contribution >= 4 is 15.9 Å². The van der Waals surface area contributed by atoms with E-state index in [4.69, 9.17) is 9.84 Å². The van der Waals surface area contributed by atoms with E-state index in [1.54, 1.807) is 7.11 Å². The molecule has 0 heterocycles. The number of hydrogen-bond donors (Lipinski definition) is 2. The number of benzene rings is 1. The third-order valence-corrected chi connectivity index (χ3v) is 2.42. The Bertz CT molecular complexity index is 291. The molecule has 0 amide bonds. The molecule has 0 unspecified atom stereocenters. The van der Waals surface area contributed by atoms with Crippen LogP contribution in [-0.4, -0.2) is 25.5 Å². The predicted molar refractivity (Wildman–Crippen MR) is 59.5 cm³/mol. The molecule has 1 rings (SSSR count). The van der Waals surface area contributed by atoms with E-state index in [2.05, 4.69) is 21.2 Å². The van der Waals surface area contributed by atoms with Crippen molar-refractivity contribution in [2.75, 3.05) is 20.4 Å². The minimum Gasteiger partial charge on any atom is -0.496 e. The molecule has 4 heteroatoms. The SMILES string of the molecule is COc1ccc(Br)cc1CCNCO. The third-order valence-electron chi connectivity index (χ3n) is 1.93. The molecule has 78 valence electrons. The Morgan fingerprint density at radius 1 is 1.50 bits per heavy atom. The summed E-state index contributed by atoms with van der Waals surface area (Å²) in [7, 11) is 1.66. The first-order chi connectivity index (χ1) is 6.77. The van der Waals surface area contributed by atoms with E-state index >= 15 is 0 Å². The minimum absolute atomic E-state index is 0.0102. The molecule has 0 aliphatic heterocycles. The van der Waals surface area contributed by atoms with Gasteiger partial charge in [-0.2, -0.15) is 0 Å². The van der Waals surface area contributed by atoms with Gasteiger partial charge in [0, 0.05) is 11.0 Å². The molecule has 1 aromatic rings. The van der Waals surface area contributed by atoms with Crippen LogP contribution in [0.15, 0.2) is 22.7 Å². The molecule has 0 aliphatic carbocycles. The predicted octanol–water partition coefficient (Wildman–Crippen LogP) is 1.54. The molecular formula is C10H14BrNO2. The Morgan fingerprint density at radius 2 is 2.29 bits per heavy atom. The van der Waals surface area contributed by atoms with Crippen molar-refractivity contribution in [3.05, 3.63) is 28.2 Å². The molecule has 0 saturated heterocycles. The van der Waals surface area contributed by atoms with Gasteiger partial charge in [0.25, 0.3) is 0 Å². The molecule has 0 aromatic heterocycles. The van der Waals surface area contributed by atoms with Gasteiger partial charge in [0.15, 0.2) is 0 Å². The minimum atomic E-state index is 0.0102. The average molecular weight is 260 g/mol. The van der Waals surface area contributed by atoms with Gasteiger partial charge in [-0.3, -0.25) is 5.32 Å². The second-order valence-corrected chi connectivity index (χ2v) is 3.78. The Labute approximate surface area is 92.2 Å². The van der Waals surface area contributed by atoms with Gasteiger partial charge in [-0.1, -0.05) is 15.9 Å². The maximum atomic E-state index is 8.57. The molecular weight excluding hydrogens is 246 g/mol. The number of ether oxygens (including phenoxy) is 1. The van der Waals surface area contributed by atoms with Crippen LogP contribution >= 0.6 is 15.9 Å². The molecule has 0 atom stereocenters. The number of nitrogens with one attached hydrogen (secondary N) is 1. The molecule has 1 aromatic carbocycles. The quantitative estimate of drug-likeness (QED) is 0.623. The highest BCUT2D eigenvalue weighted by molar-refractivity contribution is 9.10. The van der Waals surface area contributed by atoms with E-state index in [9.17, 15) is 0 Å². The first kappa shape index (κ1) is 11.5. The van der Waals surface area contributed by atoms with E-state index < -0.39 is 0 Å². The van der Waals surface area contributed by atoms with Crippen LogP contribution in [0.5, 0.6) is 5.75 Å². The fourth-order valence-electron chi connectivity index (χ4n) is 1.24. The van der Waals surface area contributed by atoms with Gasteiger partial charge in [-0.05, 0) is 30.2 Å². The van der Waals surface area contributed by atoms with E-state index in [-0.39, 0.29) is 6.73 Å². The molecule has 3 nitrogen and oxygen atoms in total.